The largest absolute Gasteiger partial charge is 0.371 e. The van der Waals surface area contributed by atoms with Gasteiger partial charge in [-0.15, -0.1) is 0 Å². The highest BCUT2D eigenvalue weighted by atomic mass is 16.5. The van der Waals surface area contributed by atoms with E-state index in [9.17, 15) is 0 Å². The molecule has 1 aromatic carbocycles. The summed E-state index contributed by atoms with van der Waals surface area (Å²) in [7, 11) is 0. The second kappa shape index (κ2) is 10.9. The lowest BCUT2D eigenvalue weighted by molar-refractivity contribution is 0.0578. The highest BCUT2D eigenvalue weighted by Gasteiger charge is 2.32. The van der Waals surface area contributed by atoms with Gasteiger partial charge in [0, 0.05) is 43.5 Å². The quantitative estimate of drug-likeness (QED) is 0.450. The van der Waals surface area contributed by atoms with E-state index in [1.54, 1.807) is 0 Å². The number of aromatic nitrogens is 5. The van der Waals surface area contributed by atoms with Gasteiger partial charge in [0.15, 0.2) is 11.6 Å². The van der Waals surface area contributed by atoms with Crippen molar-refractivity contribution < 1.29 is 4.74 Å². The van der Waals surface area contributed by atoms with E-state index >= 15 is 0 Å². The number of ether oxygens (including phenoxy) is 1. The minimum absolute atomic E-state index is 0.122. The summed E-state index contributed by atoms with van der Waals surface area (Å²) in [4.78, 5) is 28.0. The molecular formula is C26H35N7O. The van der Waals surface area contributed by atoms with Crippen LogP contribution < -0.4 is 9.80 Å². The van der Waals surface area contributed by atoms with Gasteiger partial charge in [0.25, 0.3) is 0 Å². The molecule has 0 unspecified atom stereocenters. The summed E-state index contributed by atoms with van der Waals surface area (Å²) in [6.07, 6.45) is 3.87. The molecule has 0 radical (unpaired) electrons. The average molecular weight is 462 g/mol. The summed E-state index contributed by atoms with van der Waals surface area (Å²) >= 11 is 0. The fourth-order valence-electron chi connectivity index (χ4n) is 4.45. The van der Waals surface area contributed by atoms with Crippen LogP contribution in [0.2, 0.25) is 0 Å². The molecule has 1 aliphatic heterocycles. The van der Waals surface area contributed by atoms with E-state index in [0.717, 1.165) is 61.5 Å². The lowest BCUT2D eigenvalue weighted by atomic mass is 10.1. The summed E-state index contributed by atoms with van der Waals surface area (Å²) in [5.41, 5.74) is 0.998. The molecule has 1 aliphatic rings. The fraction of sp³-hybridized carbons (Fsp3) is 0.500. The van der Waals surface area contributed by atoms with Crippen molar-refractivity contribution in [2.45, 2.75) is 65.6 Å². The molecule has 0 bridgehead atoms. The Morgan fingerprint density at radius 3 is 2.44 bits per heavy atom. The van der Waals surface area contributed by atoms with Crippen molar-refractivity contribution in [3.8, 4) is 11.4 Å². The zero-order valence-electron chi connectivity index (χ0n) is 20.8. The van der Waals surface area contributed by atoms with Gasteiger partial charge in [-0.25, -0.2) is 15.0 Å². The third kappa shape index (κ3) is 5.50. The molecule has 0 amide bonds. The molecule has 34 heavy (non-hydrogen) atoms. The van der Waals surface area contributed by atoms with Crippen LogP contribution in [0.3, 0.4) is 0 Å². The topological polar surface area (TPSA) is 80.2 Å². The first-order valence-corrected chi connectivity index (χ1v) is 12.2. The number of piperazine rings is 1. The van der Waals surface area contributed by atoms with Crippen LogP contribution in [-0.2, 0) is 4.74 Å². The molecule has 0 aliphatic carbocycles. The fourth-order valence-corrected chi connectivity index (χ4v) is 4.45. The predicted molar refractivity (Wildman–Crippen MR) is 135 cm³/mol. The standard InChI is InChI=1S/C26H35N7O/c1-6-7-15-34-20(4)24-27-14-13-23(30-24)33-18(2)16-32(17-19(33)3)26-29-21(5)28-25(31-26)22-11-9-8-10-12-22/h8-14,18-20H,6-7,15-17H2,1-5H3/t18-,19+,20-/m1/s1. The van der Waals surface area contributed by atoms with Crippen molar-refractivity contribution in [1.29, 1.82) is 0 Å². The molecule has 2 aromatic heterocycles. The van der Waals surface area contributed by atoms with Crippen LogP contribution in [0.25, 0.3) is 11.4 Å². The third-order valence-corrected chi connectivity index (χ3v) is 6.12. The highest BCUT2D eigenvalue weighted by molar-refractivity contribution is 5.56. The van der Waals surface area contributed by atoms with Gasteiger partial charge < -0.3 is 14.5 Å². The number of hydrogen-bond donors (Lipinski definition) is 0. The predicted octanol–water partition coefficient (Wildman–Crippen LogP) is 4.62. The lowest BCUT2D eigenvalue weighted by Gasteiger charge is -2.45. The Morgan fingerprint density at radius 2 is 1.74 bits per heavy atom. The van der Waals surface area contributed by atoms with E-state index in [4.69, 9.17) is 14.7 Å². The van der Waals surface area contributed by atoms with Gasteiger partial charge in [-0.3, -0.25) is 0 Å². The van der Waals surface area contributed by atoms with E-state index in [1.165, 1.54) is 0 Å². The number of unbranched alkanes of at least 4 members (excludes halogenated alkanes) is 1. The minimum Gasteiger partial charge on any atom is -0.371 e. The van der Waals surface area contributed by atoms with Crippen LogP contribution in [0, 0.1) is 6.92 Å². The van der Waals surface area contributed by atoms with Crippen molar-refractivity contribution in [2.75, 3.05) is 29.5 Å². The van der Waals surface area contributed by atoms with E-state index in [0.29, 0.717) is 5.82 Å². The van der Waals surface area contributed by atoms with Crippen LogP contribution in [0.5, 0.6) is 0 Å². The molecule has 3 aromatic rings. The minimum atomic E-state index is -0.122. The first-order valence-electron chi connectivity index (χ1n) is 12.2. The monoisotopic (exact) mass is 461 g/mol. The number of aryl methyl sites for hydroxylation is 1. The smallest absolute Gasteiger partial charge is 0.229 e. The van der Waals surface area contributed by atoms with Gasteiger partial charge in [-0.2, -0.15) is 9.97 Å². The number of nitrogens with zero attached hydrogens (tertiary/aromatic N) is 7. The Morgan fingerprint density at radius 1 is 1.00 bits per heavy atom. The molecule has 0 spiro atoms. The van der Waals surface area contributed by atoms with Crippen LogP contribution in [0.4, 0.5) is 11.8 Å². The molecule has 8 heteroatoms. The molecule has 3 heterocycles. The SMILES string of the molecule is CCCCO[C@H](C)c1nccc(N2[C@H](C)CN(c3nc(C)nc(-c4ccccc4)n3)C[C@@H]2C)n1. The van der Waals surface area contributed by atoms with Gasteiger partial charge >= 0.3 is 0 Å². The van der Waals surface area contributed by atoms with Crippen LogP contribution in [-0.4, -0.2) is 56.7 Å². The van der Waals surface area contributed by atoms with Crippen molar-refractivity contribution in [3.63, 3.8) is 0 Å². The Bertz CT molecular complexity index is 1070. The van der Waals surface area contributed by atoms with Crippen molar-refractivity contribution in [2.24, 2.45) is 0 Å². The summed E-state index contributed by atoms with van der Waals surface area (Å²) in [6.45, 7) is 12.9. The van der Waals surface area contributed by atoms with Gasteiger partial charge in [0.2, 0.25) is 5.95 Å². The molecule has 1 fully saturated rings. The first kappa shape index (κ1) is 24.0. The van der Waals surface area contributed by atoms with E-state index in [2.05, 4.69) is 45.5 Å². The molecule has 8 nitrogen and oxygen atoms in total. The molecule has 3 atom stereocenters. The second-order valence-corrected chi connectivity index (χ2v) is 9.02. The molecule has 4 rings (SSSR count). The maximum atomic E-state index is 5.92. The van der Waals surface area contributed by atoms with E-state index in [-0.39, 0.29) is 18.2 Å². The zero-order valence-corrected chi connectivity index (χ0v) is 20.8. The maximum absolute atomic E-state index is 5.92. The zero-order chi connectivity index (χ0) is 24.1. The van der Waals surface area contributed by atoms with Crippen molar-refractivity contribution in [3.05, 3.63) is 54.2 Å². The average Bonchev–Trinajstić information content (AvgIpc) is 2.84. The van der Waals surface area contributed by atoms with Gasteiger partial charge in [-0.05, 0) is 40.2 Å². The Balaban J connectivity index is 1.51. The molecular weight excluding hydrogens is 426 g/mol. The number of hydrogen-bond acceptors (Lipinski definition) is 8. The van der Waals surface area contributed by atoms with Gasteiger partial charge in [0.05, 0.1) is 0 Å². The Kier molecular flexibility index (Phi) is 7.67. The van der Waals surface area contributed by atoms with Crippen LogP contribution in [0.15, 0.2) is 42.6 Å². The lowest BCUT2D eigenvalue weighted by Crippen LogP contribution is -2.57. The van der Waals surface area contributed by atoms with Crippen LogP contribution >= 0.6 is 0 Å². The summed E-state index contributed by atoms with van der Waals surface area (Å²) in [5.74, 6) is 3.84. The van der Waals surface area contributed by atoms with E-state index in [1.807, 2.05) is 56.4 Å². The Labute approximate surface area is 202 Å². The van der Waals surface area contributed by atoms with Crippen LogP contribution in [0.1, 0.15) is 58.3 Å². The normalized spacial score (nSPS) is 19.3. The molecule has 0 N–H and O–H groups in total. The number of rotatable bonds is 8. The Hall–Kier alpha value is -3.13. The van der Waals surface area contributed by atoms with Gasteiger partial charge in [-0.1, -0.05) is 43.7 Å². The number of anilines is 2. The van der Waals surface area contributed by atoms with Gasteiger partial charge in [0.1, 0.15) is 17.7 Å². The molecule has 1 saturated heterocycles. The number of benzene rings is 1. The second-order valence-electron chi connectivity index (χ2n) is 9.02. The molecule has 180 valence electrons. The maximum Gasteiger partial charge on any atom is 0.229 e. The van der Waals surface area contributed by atoms with E-state index < -0.39 is 0 Å². The summed E-state index contributed by atoms with van der Waals surface area (Å²) < 4.78 is 5.92. The molecule has 0 saturated carbocycles. The third-order valence-electron chi connectivity index (χ3n) is 6.12. The van der Waals surface area contributed by atoms with Crippen molar-refractivity contribution >= 4 is 11.8 Å². The first-order chi connectivity index (χ1) is 16.5. The summed E-state index contributed by atoms with van der Waals surface area (Å²) in [5, 5.41) is 0. The highest BCUT2D eigenvalue weighted by Crippen LogP contribution is 2.27. The van der Waals surface area contributed by atoms with Crippen molar-refractivity contribution in [1.82, 2.24) is 24.9 Å². The summed E-state index contributed by atoms with van der Waals surface area (Å²) in [6, 6.07) is 12.5.